The number of aromatic nitrogens is 2. The minimum absolute atomic E-state index is 0.693. The number of thiophene rings is 1. The van der Waals surface area contributed by atoms with Gasteiger partial charge in [0.05, 0.1) is 11.2 Å². The minimum Gasteiger partial charge on any atom is -0.468 e. The van der Waals surface area contributed by atoms with E-state index < -0.39 is 0 Å². The van der Waals surface area contributed by atoms with Crippen molar-refractivity contribution in [1.29, 1.82) is 0 Å². The highest BCUT2D eigenvalue weighted by Crippen LogP contribution is 2.37. The number of hydrogen-bond acceptors (Lipinski definition) is 6. The van der Waals surface area contributed by atoms with Crippen molar-refractivity contribution in [3.05, 3.63) is 29.0 Å². The second kappa shape index (κ2) is 6.07. The topological polar surface area (TPSA) is 51.0 Å². The molecule has 0 bridgehead atoms. The van der Waals surface area contributed by atoms with Crippen LogP contribution in [0.25, 0.3) is 10.2 Å². The molecular weight excluding hydrogens is 302 g/mol. The molecule has 0 unspecified atom stereocenters. The Kier molecular flexibility index (Phi) is 4.17. The van der Waals surface area contributed by atoms with Crippen molar-refractivity contribution >= 4 is 39.3 Å². The highest BCUT2D eigenvalue weighted by molar-refractivity contribution is 7.99. The van der Waals surface area contributed by atoms with Gasteiger partial charge in [-0.05, 0) is 32.4 Å². The molecule has 0 saturated carbocycles. The lowest BCUT2D eigenvalue weighted by Crippen LogP contribution is -2.02. The van der Waals surface area contributed by atoms with Crippen LogP contribution in [0.3, 0.4) is 0 Å². The Labute approximate surface area is 132 Å². The summed E-state index contributed by atoms with van der Waals surface area (Å²) in [4.78, 5) is 12.7. The summed E-state index contributed by atoms with van der Waals surface area (Å²) in [7, 11) is 0. The fourth-order valence-corrected chi connectivity index (χ4v) is 3.97. The molecule has 110 valence electrons. The number of furan rings is 1. The van der Waals surface area contributed by atoms with Gasteiger partial charge < -0.3 is 9.73 Å². The van der Waals surface area contributed by atoms with E-state index in [-0.39, 0.29) is 0 Å². The van der Waals surface area contributed by atoms with Crippen LogP contribution in [-0.2, 0) is 6.42 Å². The van der Waals surface area contributed by atoms with Crippen molar-refractivity contribution in [1.82, 2.24) is 9.97 Å². The normalized spacial score (nSPS) is 11.2. The molecule has 0 radical (unpaired) electrons. The van der Waals surface area contributed by atoms with Crippen LogP contribution in [0.1, 0.15) is 24.5 Å². The monoisotopic (exact) mass is 319 g/mol. The maximum atomic E-state index is 5.38. The van der Waals surface area contributed by atoms with Gasteiger partial charge in [0.25, 0.3) is 0 Å². The Hall–Kier alpha value is -1.53. The Morgan fingerprint density at radius 1 is 1.33 bits per heavy atom. The molecule has 0 saturated heterocycles. The SMILES string of the molecule is CCNc1nc(Sc2ccoc2C)c2cc(CC)sc2n1. The van der Waals surface area contributed by atoms with Crippen LogP contribution in [0.4, 0.5) is 5.95 Å². The van der Waals surface area contributed by atoms with Crippen molar-refractivity contribution < 1.29 is 4.42 Å². The number of aryl methyl sites for hydroxylation is 2. The van der Waals surface area contributed by atoms with Gasteiger partial charge in [0, 0.05) is 16.8 Å². The number of fused-ring (bicyclic) bond motifs is 1. The van der Waals surface area contributed by atoms with Gasteiger partial charge in [0.2, 0.25) is 5.95 Å². The van der Waals surface area contributed by atoms with E-state index in [1.54, 1.807) is 29.4 Å². The lowest BCUT2D eigenvalue weighted by Gasteiger charge is -2.05. The fourth-order valence-electron chi connectivity index (χ4n) is 2.02. The van der Waals surface area contributed by atoms with Crippen molar-refractivity contribution in [2.45, 2.75) is 37.1 Å². The summed E-state index contributed by atoms with van der Waals surface area (Å²) in [6.45, 7) is 6.99. The average molecular weight is 319 g/mol. The molecule has 3 aromatic heterocycles. The zero-order chi connectivity index (χ0) is 14.8. The summed E-state index contributed by atoms with van der Waals surface area (Å²) in [5.41, 5.74) is 0. The van der Waals surface area contributed by atoms with Gasteiger partial charge in [0.15, 0.2) is 0 Å². The molecule has 1 N–H and O–H groups in total. The molecule has 0 aliphatic carbocycles. The van der Waals surface area contributed by atoms with Gasteiger partial charge in [-0.25, -0.2) is 9.97 Å². The Balaban J connectivity index is 2.09. The smallest absolute Gasteiger partial charge is 0.225 e. The zero-order valence-electron chi connectivity index (χ0n) is 12.3. The molecule has 0 amide bonds. The third-order valence-corrected chi connectivity index (χ3v) is 5.43. The molecule has 0 atom stereocenters. The van der Waals surface area contributed by atoms with Gasteiger partial charge in [-0.1, -0.05) is 18.7 Å². The second-order valence-electron chi connectivity index (χ2n) is 4.61. The summed E-state index contributed by atoms with van der Waals surface area (Å²) in [5, 5.41) is 5.32. The van der Waals surface area contributed by atoms with Crippen LogP contribution in [-0.4, -0.2) is 16.5 Å². The molecule has 0 aliphatic rings. The predicted octanol–water partition coefficient (Wildman–Crippen LogP) is 4.74. The molecule has 0 spiro atoms. The van der Waals surface area contributed by atoms with E-state index in [9.17, 15) is 0 Å². The lowest BCUT2D eigenvalue weighted by molar-refractivity contribution is 0.527. The lowest BCUT2D eigenvalue weighted by atomic mass is 10.3. The largest absolute Gasteiger partial charge is 0.468 e. The first-order valence-electron chi connectivity index (χ1n) is 6.97. The molecule has 0 fully saturated rings. The van der Waals surface area contributed by atoms with Crippen molar-refractivity contribution in [3.63, 3.8) is 0 Å². The van der Waals surface area contributed by atoms with Gasteiger partial charge >= 0.3 is 0 Å². The minimum atomic E-state index is 0.693. The molecule has 3 aromatic rings. The summed E-state index contributed by atoms with van der Waals surface area (Å²) in [6.07, 6.45) is 2.73. The van der Waals surface area contributed by atoms with Crippen molar-refractivity contribution in [2.75, 3.05) is 11.9 Å². The Bertz CT molecular complexity index is 763. The van der Waals surface area contributed by atoms with Gasteiger partial charge in [-0.15, -0.1) is 11.3 Å². The van der Waals surface area contributed by atoms with Gasteiger partial charge in [0.1, 0.15) is 15.6 Å². The number of nitrogens with one attached hydrogen (secondary N) is 1. The number of anilines is 1. The molecule has 3 heterocycles. The molecule has 6 heteroatoms. The zero-order valence-corrected chi connectivity index (χ0v) is 13.9. The Morgan fingerprint density at radius 2 is 2.19 bits per heavy atom. The van der Waals surface area contributed by atoms with E-state index in [1.165, 1.54) is 4.88 Å². The fraction of sp³-hybridized carbons (Fsp3) is 0.333. The highest BCUT2D eigenvalue weighted by Gasteiger charge is 2.14. The van der Waals surface area contributed by atoms with E-state index >= 15 is 0 Å². The Morgan fingerprint density at radius 3 is 2.86 bits per heavy atom. The summed E-state index contributed by atoms with van der Waals surface area (Å²) >= 11 is 3.38. The standard InChI is InChI=1S/C15H17N3OS2/c1-4-10-8-11-13(20-10)17-15(16-5-2)18-14(11)21-12-6-7-19-9(12)3/h6-8H,4-5H2,1-3H3,(H,16,17,18). The van der Waals surface area contributed by atoms with E-state index in [0.717, 1.165) is 38.9 Å². The van der Waals surface area contributed by atoms with E-state index in [4.69, 9.17) is 4.42 Å². The molecular formula is C15H17N3OS2. The summed E-state index contributed by atoms with van der Waals surface area (Å²) < 4.78 is 5.38. The van der Waals surface area contributed by atoms with Crippen LogP contribution < -0.4 is 5.32 Å². The third kappa shape index (κ3) is 2.91. The maximum absolute atomic E-state index is 5.38. The van der Waals surface area contributed by atoms with Gasteiger partial charge in [-0.3, -0.25) is 0 Å². The van der Waals surface area contributed by atoms with Crippen LogP contribution in [0.2, 0.25) is 0 Å². The number of rotatable bonds is 5. The van der Waals surface area contributed by atoms with Crippen molar-refractivity contribution in [2.24, 2.45) is 0 Å². The third-order valence-electron chi connectivity index (χ3n) is 3.11. The number of nitrogens with zero attached hydrogens (tertiary/aromatic N) is 2. The highest BCUT2D eigenvalue weighted by atomic mass is 32.2. The average Bonchev–Trinajstić information content (AvgIpc) is 3.06. The predicted molar refractivity (Wildman–Crippen MR) is 88.5 cm³/mol. The van der Waals surface area contributed by atoms with E-state index in [2.05, 4.69) is 28.3 Å². The van der Waals surface area contributed by atoms with Crippen LogP contribution in [0.5, 0.6) is 0 Å². The summed E-state index contributed by atoms with van der Waals surface area (Å²) in [6, 6.07) is 4.18. The quantitative estimate of drug-likeness (QED) is 0.688. The first-order valence-corrected chi connectivity index (χ1v) is 8.60. The van der Waals surface area contributed by atoms with Crippen molar-refractivity contribution in [3.8, 4) is 0 Å². The molecule has 21 heavy (non-hydrogen) atoms. The van der Waals surface area contributed by atoms with Crippen LogP contribution in [0, 0.1) is 6.92 Å². The second-order valence-corrected chi connectivity index (χ2v) is 6.76. The number of hydrogen-bond donors (Lipinski definition) is 1. The molecule has 3 rings (SSSR count). The first-order chi connectivity index (χ1) is 10.2. The maximum Gasteiger partial charge on any atom is 0.225 e. The van der Waals surface area contributed by atoms with E-state index in [0.29, 0.717) is 5.95 Å². The van der Waals surface area contributed by atoms with Crippen LogP contribution >= 0.6 is 23.1 Å². The van der Waals surface area contributed by atoms with Gasteiger partial charge in [-0.2, -0.15) is 0 Å². The van der Waals surface area contributed by atoms with E-state index in [1.807, 2.05) is 19.9 Å². The van der Waals surface area contributed by atoms with Crippen LogP contribution in [0.15, 0.2) is 32.7 Å². The summed E-state index contributed by atoms with van der Waals surface area (Å²) in [5.74, 6) is 1.61. The molecule has 0 aliphatic heterocycles. The first kappa shape index (κ1) is 14.4. The molecule has 4 nitrogen and oxygen atoms in total. The molecule has 0 aromatic carbocycles.